The fourth-order valence-electron chi connectivity index (χ4n) is 2.69. The van der Waals surface area contributed by atoms with Crippen molar-refractivity contribution in [3.63, 3.8) is 0 Å². The smallest absolute Gasteiger partial charge is 0.324 e. The second-order valence-corrected chi connectivity index (χ2v) is 5.71. The van der Waals surface area contributed by atoms with Gasteiger partial charge in [0.15, 0.2) is 0 Å². The molecule has 3 rings (SSSR count). The van der Waals surface area contributed by atoms with Crippen LogP contribution in [0.2, 0.25) is 0 Å². The molecule has 1 fully saturated rings. The molecule has 0 bridgehead atoms. The molecule has 1 aliphatic rings. The Morgan fingerprint density at radius 1 is 1.08 bits per heavy atom. The predicted octanol–water partition coefficient (Wildman–Crippen LogP) is 1.85. The zero-order valence-corrected chi connectivity index (χ0v) is 13.9. The van der Waals surface area contributed by atoms with E-state index < -0.39 is 17.8 Å². The molecule has 0 unspecified atom stereocenters. The highest BCUT2D eigenvalue weighted by Crippen LogP contribution is 2.20. The van der Waals surface area contributed by atoms with E-state index in [4.69, 9.17) is 4.42 Å². The first-order chi connectivity index (χ1) is 12.1. The van der Waals surface area contributed by atoms with E-state index in [1.807, 2.05) is 30.3 Å². The zero-order valence-electron chi connectivity index (χ0n) is 13.9. The summed E-state index contributed by atoms with van der Waals surface area (Å²) < 4.78 is 5.05. The van der Waals surface area contributed by atoms with Crippen LogP contribution in [0.5, 0.6) is 0 Å². The van der Waals surface area contributed by atoms with Crippen LogP contribution in [0.15, 0.2) is 47.3 Å². The number of carbonyl (C=O) groups excluding carboxylic acids is 3. The van der Waals surface area contributed by atoms with Crippen molar-refractivity contribution < 1.29 is 18.8 Å². The third-order valence-corrected chi connectivity index (χ3v) is 4.19. The molecule has 0 aliphatic carbocycles. The second kappa shape index (κ2) is 7.21. The normalized spacial score (nSPS) is 14.8. The molecule has 2 aromatic rings. The third kappa shape index (κ3) is 3.55. The number of hydrogen-bond acceptors (Lipinski definition) is 4. The highest BCUT2D eigenvalue weighted by atomic mass is 16.3. The minimum absolute atomic E-state index is 0.212. The molecule has 7 heteroatoms. The monoisotopic (exact) mass is 341 g/mol. The molecular weight excluding hydrogens is 322 g/mol. The Morgan fingerprint density at radius 3 is 2.48 bits per heavy atom. The van der Waals surface area contributed by atoms with Crippen LogP contribution in [0.4, 0.5) is 4.79 Å². The van der Waals surface area contributed by atoms with Gasteiger partial charge in [0, 0.05) is 31.7 Å². The topological polar surface area (TPSA) is 82.9 Å². The van der Waals surface area contributed by atoms with Crippen LogP contribution < -0.4 is 5.32 Å². The summed E-state index contributed by atoms with van der Waals surface area (Å²) in [5.41, 5.74) is 2.89. The summed E-state index contributed by atoms with van der Waals surface area (Å²) >= 11 is 0. The van der Waals surface area contributed by atoms with Crippen molar-refractivity contribution in [3.05, 3.63) is 48.4 Å². The Balaban J connectivity index is 1.57. The number of likely N-dealkylation sites (N-methyl/N-ethyl adjacent to an activating group) is 1. The highest BCUT2D eigenvalue weighted by Gasteiger charge is 2.35. The maximum Gasteiger partial charge on any atom is 0.324 e. The van der Waals surface area contributed by atoms with Gasteiger partial charge in [-0.1, -0.05) is 24.3 Å². The van der Waals surface area contributed by atoms with Crippen molar-refractivity contribution in [1.82, 2.24) is 15.1 Å². The lowest BCUT2D eigenvalue weighted by Gasteiger charge is -2.31. The molecule has 1 aromatic heterocycles. The van der Waals surface area contributed by atoms with Gasteiger partial charge in [0.25, 0.3) is 0 Å². The van der Waals surface area contributed by atoms with Gasteiger partial charge in [0.2, 0.25) is 0 Å². The van der Waals surface area contributed by atoms with E-state index in [0.29, 0.717) is 13.1 Å². The van der Waals surface area contributed by atoms with E-state index in [-0.39, 0.29) is 13.1 Å². The summed E-state index contributed by atoms with van der Waals surface area (Å²) in [5, 5.41) is 2.68. The second-order valence-electron chi connectivity index (χ2n) is 5.71. The van der Waals surface area contributed by atoms with Crippen LogP contribution in [0.1, 0.15) is 12.5 Å². The van der Waals surface area contributed by atoms with Gasteiger partial charge in [-0.05, 0) is 24.1 Å². The molecule has 1 saturated heterocycles. The standard InChI is InChI=1S/C18H19N3O4/c1-2-20-8-9-21(17(23)16(20)22)18(24)19-11-13-3-5-14(6-4-13)15-7-10-25-12-15/h3-7,10,12H,2,8-9,11H2,1H3,(H,19,24). The number of nitrogens with one attached hydrogen (secondary N) is 1. The molecule has 0 atom stereocenters. The van der Waals surface area contributed by atoms with Gasteiger partial charge in [0.05, 0.1) is 12.5 Å². The largest absolute Gasteiger partial charge is 0.472 e. The number of rotatable bonds is 4. The minimum atomic E-state index is -0.777. The molecule has 0 radical (unpaired) electrons. The number of piperazine rings is 1. The van der Waals surface area contributed by atoms with Crippen LogP contribution in [-0.2, 0) is 16.1 Å². The average molecular weight is 341 g/mol. The SMILES string of the molecule is CCN1CCN(C(=O)NCc2ccc(-c3ccoc3)cc2)C(=O)C1=O. The fourth-order valence-corrected chi connectivity index (χ4v) is 2.69. The molecule has 1 aromatic carbocycles. The lowest BCUT2D eigenvalue weighted by atomic mass is 10.1. The summed E-state index contributed by atoms with van der Waals surface area (Å²) in [7, 11) is 0. The van der Waals surface area contributed by atoms with Gasteiger partial charge in [-0.2, -0.15) is 0 Å². The molecule has 4 amide bonds. The molecule has 7 nitrogen and oxygen atoms in total. The van der Waals surface area contributed by atoms with E-state index in [9.17, 15) is 14.4 Å². The molecule has 0 saturated carbocycles. The Labute approximate surface area is 145 Å². The molecule has 130 valence electrons. The van der Waals surface area contributed by atoms with E-state index in [2.05, 4.69) is 5.32 Å². The van der Waals surface area contributed by atoms with Crippen LogP contribution >= 0.6 is 0 Å². The molecule has 0 spiro atoms. The van der Waals surface area contributed by atoms with Crippen LogP contribution in [0, 0.1) is 0 Å². The summed E-state index contributed by atoms with van der Waals surface area (Å²) in [5.74, 6) is -1.41. The van der Waals surface area contributed by atoms with Gasteiger partial charge < -0.3 is 14.6 Å². The molecule has 25 heavy (non-hydrogen) atoms. The number of imide groups is 1. The Morgan fingerprint density at radius 2 is 1.84 bits per heavy atom. The Hall–Kier alpha value is -3.09. The van der Waals surface area contributed by atoms with Crippen molar-refractivity contribution in [2.45, 2.75) is 13.5 Å². The third-order valence-electron chi connectivity index (χ3n) is 4.19. The molecule has 1 aliphatic heterocycles. The number of benzene rings is 1. The van der Waals surface area contributed by atoms with Gasteiger partial charge in [-0.15, -0.1) is 0 Å². The van der Waals surface area contributed by atoms with Crippen LogP contribution in [0.3, 0.4) is 0 Å². The van der Waals surface area contributed by atoms with Crippen LogP contribution in [-0.4, -0.2) is 47.3 Å². The van der Waals surface area contributed by atoms with Gasteiger partial charge in [-0.25, -0.2) is 4.79 Å². The lowest BCUT2D eigenvalue weighted by Crippen LogP contribution is -2.58. The number of furan rings is 1. The number of amides is 4. The Bertz CT molecular complexity index is 768. The first-order valence-electron chi connectivity index (χ1n) is 8.10. The fraction of sp³-hybridized carbons (Fsp3) is 0.278. The van der Waals surface area contributed by atoms with E-state index >= 15 is 0 Å². The van der Waals surface area contributed by atoms with Crippen LogP contribution in [0.25, 0.3) is 11.1 Å². The first kappa shape index (κ1) is 16.8. The van der Waals surface area contributed by atoms with Gasteiger partial charge >= 0.3 is 17.8 Å². The quantitative estimate of drug-likeness (QED) is 0.860. The zero-order chi connectivity index (χ0) is 17.8. The number of urea groups is 1. The molecular formula is C18H19N3O4. The van der Waals surface area contributed by atoms with Gasteiger partial charge in [-0.3, -0.25) is 14.5 Å². The van der Waals surface area contributed by atoms with Crippen molar-refractivity contribution in [1.29, 1.82) is 0 Å². The minimum Gasteiger partial charge on any atom is -0.472 e. The lowest BCUT2D eigenvalue weighted by molar-refractivity contribution is -0.153. The average Bonchev–Trinajstić information content (AvgIpc) is 3.17. The van der Waals surface area contributed by atoms with E-state index in [1.165, 1.54) is 4.90 Å². The number of carbonyl (C=O) groups is 3. The Kier molecular flexibility index (Phi) is 4.83. The molecule has 2 heterocycles. The summed E-state index contributed by atoms with van der Waals surface area (Å²) in [6.07, 6.45) is 3.27. The van der Waals surface area contributed by atoms with Crippen molar-refractivity contribution in [2.75, 3.05) is 19.6 Å². The van der Waals surface area contributed by atoms with E-state index in [1.54, 1.807) is 19.5 Å². The summed E-state index contributed by atoms with van der Waals surface area (Å²) in [4.78, 5) is 38.4. The van der Waals surface area contributed by atoms with Crippen molar-refractivity contribution >= 4 is 17.8 Å². The molecule has 1 N–H and O–H groups in total. The first-order valence-corrected chi connectivity index (χ1v) is 8.10. The number of nitrogens with zero attached hydrogens (tertiary/aromatic N) is 2. The number of hydrogen-bond donors (Lipinski definition) is 1. The highest BCUT2D eigenvalue weighted by molar-refractivity contribution is 6.38. The maximum atomic E-state index is 12.2. The van der Waals surface area contributed by atoms with E-state index in [0.717, 1.165) is 21.6 Å². The predicted molar refractivity (Wildman–Crippen MR) is 90.3 cm³/mol. The maximum absolute atomic E-state index is 12.2. The van der Waals surface area contributed by atoms with Gasteiger partial charge in [0.1, 0.15) is 0 Å². The van der Waals surface area contributed by atoms with Crippen molar-refractivity contribution in [2.24, 2.45) is 0 Å². The van der Waals surface area contributed by atoms with Crippen molar-refractivity contribution in [3.8, 4) is 11.1 Å². The summed E-state index contributed by atoms with van der Waals surface area (Å²) in [6, 6.07) is 8.97. The summed E-state index contributed by atoms with van der Waals surface area (Å²) in [6.45, 7) is 3.12.